The summed E-state index contributed by atoms with van der Waals surface area (Å²) in [5.41, 5.74) is 8.38. The number of carbonyl (C=O) groups is 2. The van der Waals surface area contributed by atoms with E-state index in [1.807, 2.05) is 44.3 Å². The number of aliphatic imine (C=N–C) groups is 1. The second-order valence-electron chi connectivity index (χ2n) is 7.60. The van der Waals surface area contributed by atoms with E-state index < -0.39 is 5.91 Å². The minimum atomic E-state index is -0.395. The molecule has 0 unspecified atom stereocenters. The van der Waals surface area contributed by atoms with Gasteiger partial charge < -0.3 is 16.4 Å². The number of amides is 1. The van der Waals surface area contributed by atoms with Crippen LogP contribution < -0.4 is 16.4 Å². The first kappa shape index (κ1) is 25.0. The molecule has 1 aromatic carbocycles. The van der Waals surface area contributed by atoms with Crippen LogP contribution >= 0.6 is 11.3 Å². The molecule has 4 N–H and O–H groups in total. The van der Waals surface area contributed by atoms with Crippen LogP contribution in [0.3, 0.4) is 0 Å². The number of nitrogens with zero attached hydrogens (tertiary/aromatic N) is 2. The lowest BCUT2D eigenvalue weighted by molar-refractivity contribution is -0.118. The van der Waals surface area contributed by atoms with Gasteiger partial charge in [-0.15, -0.1) is 11.3 Å². The Morgan fingerprint density at radius 1 is 1.31 bits per heavy atom. The van der Waals surface area contributed by atoms with Gasteiger partial charge in [0.05, 0.1) is 12.7 Å². The van der Waals surface area contributed by atoms with Crippen molar-refractivity contribution in [2.24, 2.45) is 10.7 Å². The number of ketones is 1. The summed E-state index contributed by atoms with van der Waals surface area (Å²) < 4.78 is 0. The zero-order valence-corrected chi connectivity index (χ0v) is 19.8. The highest BCUT2D eigenvalue weighted by Crippen LogP contribution is 2.25. The Hall–Kier alpha value is -3.26. The van der Waals surface area contributed by atoms with Crippen LogP contribution in [-0.2, 0) is 9.59 Å². The van der Waals surface area contributed by atoms with Crippen molar-refractivity contribution >= 4 is 33.9 Å². The van der Waals surface area contributed by atoms with Crippen molar-refractivity contribution in [2.75, 3.05) is 11.9 Å². The predicted molar refractivity (Wildman–Crippen MR) is 132 cm³/mol. The van der Waals surface area contributed by atoms with Crippen molar-refractivity contribution in [3.05, 3.63) is 71.1 Å². The van der Waals surface area contributed by atoms with Gasteiger partial charge in [0.25, 0.3) is 0 Å². The Labute approximate surface area is 193 Å². The largest absolute Gasteiger partial charge is 0.384 e. The lowest BCUT2D eigenvalue weighted by Crippen LogP contribution is -2.25. The molecule has 0 aliphatic rings. The zero-order chi connectivity index (χ0) is 23.7. The molecule has 2 aromatic rings. The molecule has 0 aliphatic carbocycles. The highest BCUT2D eigenvalue weighted by Gasteiger charge is 2.17. The number of thiazole rings is 1. The molecule has 0 aliphatic heterocycles. The average molecular weight is 454 g/mol. The highest BCUT2D eigenvalue weighted by molar-refractivity contribution is 7.15. The van der Waals surface area contributed by atoms with Crippen molar-refractivity contribution in [1.29, 1.82) is 0 Å². The predicted octanol–water partition coefficient (Wildman–Crippen LogP) is 4.31. The number of nitrogens with one attached hydrogen (secondary N) is 2. The molecule has 1 atom stereocenters. The van der Waals surface area contributed by atoms with Crippen LogP contribution in [0.2, 0.25) is 0 Å². The summed E-state index contributed by atoms with van der Waals surface area (Å²) in [7, 11) is 0. The summed E-state index contributed by atoms with van der Waals surface area (Å²) in [6, 6.07) is 7.76. The Balaban J connectivity index is 2.09. The second-order valence-corrected chi connectivity index (χ2v) is 8.66. The van der Waals surface area contributed by atoms with Crippen molar-refractivity contribution in [3.8, 4) is 0 Å². The van der Waals surface area contributed by atoms with Crippen LogP contribution in [0, 0.1) is 0 Å². The first-order valence-corrected chi connectivity index (χ1v) is 11.3. The number of benzene rings is 1. The normalized spacial score (nSPS) is 13.0. The maximum Gasteiger partial charge on any atom is 0.248 e. The minimum absolute atomic E-state index is 0.0784. The van der Waals surface area contributed by atoms with Crippen molar-refractivity contribution in [1.82, 2.24) is 10.3 Å². The standard InChI is InChI=1S/C24H31N5O2S/c1-6-19(26-14-22(25)29-23(31)7-2)18-10-8-9-17(11-18)16(5)20(30)12-27-24-28-13-21(32-24)15(3)4/h7-11,13-16H,2,6,12,25H2,1,3-5H3,(H,27,28)(H,29,31)/b22-14+,26-19?/t16-/m0/s1. The molecule has 0 bridgehead atoms. The maximum absolute atomic E-state index is 12.8. The number of carbonyl (C=O) groups excluding carboxylic acids is 2. The van der Waals surface area contributed by atoms with Gasteiger partial charge in [0.2, 0.25) is 5.91 Å². The fraction of sp³-hybridized carbons (Fsp3) is 0.333. The summed E-state index contributed by atoms with van der Waals surface area (Å²) >= 11 is 1.58. The van der Waals surface area contributed by atoms with Gasteiger partial charge in [-0.1, -0.05) is 52.5 Å². The summed E-state index contributed by atoms with van der Waals surface area (Å²) in [4.78, 5) is 34.0. The lowest BCUT2D eigenvalue weighted by atomic mass is 9.93. The minimum Gasteiger partial charge on any atom is -0.384 e. The van der Waals surface area contributed by atoms with E-state index in [0.717, 1.165) is 28.0 Å². The second kappa shape index (κ2) is 12.0. The molecule has 0 saturated heterocycles. The third-order valence-corrected chi connectivity index (χ3v) is 6.11. The molecule has 2 rings (SSSR count). The van der Waals surface area contributed by atoms with E-state index in [2.05, 4.69) is 41.0 Å². The van der Waals surface area contributed by atoms with Gasteiger partial charge in [-0.2, -0.15) is 0 Å². The molecule has 1 amide bonds. The summed E-state index contributed by atoms with van der Waals surface area (Å²) in [5.74, 6) is -0.0480. The molecule has 32 heavy (non-hydrogen) atoms. The monoisotopic (exact) mass is 453 g/mol. The quantitative estimate of drug-likeness (QED) is 0.347. The smallest absolute Gasteiger partial charge is 0.248 e. The summed E-state index contributed by atoms with van der Waals surface area (Å²) in [5, 5.41) is 6.36. The van der Waals surface area contributed by atoms with Gasteiger partial charge in [0.15, 0.2) is 10.9 Å². The molecule has 1 aromatic heterocycles. The Kier molecular flexibility index (Phi) is 9.34. The van der Waals surface area contributed by atoms with Crippen molar-refractivity contribution in [2.45, 2.75) is 46.0 Å². The molecule has 170 valence electrons. The summed E-state index contributed by atoms with van der Waals surface area (Å²) in [6.45, 7) is 11.7. The number of anilines is 1. The number of rotatable bonds is 11. The zero-order valence-electron chi connectivity index (χ0n) is 19.0. The third-order valence-electron chi connectivity index (χ3n) is 4.86. The van der Waals surface area contributed by atoms with E-state index in [4.69, 9.17) is 5.73 Å². The summed E-state index contributed by atoms with van der Waals surface area (Å²) in [6.07, 6.45) is 5.06. The molecule has 7 nitrogen and oxygen atoms in total. The van der Waals surface area contributed by atoms with Gasteiger partial charge in [0.1, 0.15) is 5.82 Å². The SMILES string of the molecule is C=CC(=O)N/C(N)=C/N=C(CC)c1cccc([C@H](C)C(=O)CNc2ncc(C(C)C)s2)c1. The fourth-order valence-corrected chi connectivity index (χ4v) is 3.68. The number of hydrogen-bond donors (Lipinski definition) is 3. The fourth-order valence-electron chi connectivity index (χ4n) is 2.87. The first-order valence-electron chi connectivity index (χ1n) is 10.5. The van der Waals surface area contributed by atoms with Gasteiger partial charge in [-0.3, -0.25) is 14.6 Å². The number of Topliss-reactive ketones (excluding diaryl/α,β-unsaturated/α-hetero) is 1. The maximum atomic E-state index is 12.8. The van der Waals surface area contributed by atoms with E-state index in [1.165, 1.54) is 11.1 Å². The Morgan fingerprint density at radius 3 is 2.69 bits per heavy atom. The molecule has 8 heteroatoms. The number of nitrogens with two attached hydrogens (primary N) is 1. The number of aromatic nitrogens is 1. The van der Waals surface area contributed by atoms with E-state index in [9.17, 15) is 9.59 Å². The van der Waals surface area contributed by atoms with Gasteiger partial charge >= 0.3 is 0 Å². The molecule has 0 fully saturated rings. The van der Waals surface area contributed by atoms with Gasteiger partial charge in [-0.05, 0) is 35.6 Å². The molecule has 0 saturated carbocycles. The highest BCUT2D eigenvalue weighted by atomic mass is 32.1. The van der Waals surface area contributed by atoms with Crippen molar-refractivity contribution < 1.29 is 9.59 Å². The van der Waals surface area contributed by atoms with Crippen LogP contribution in [0.15, 0.2) is 60.1 Å². The first-order chi connectivity index (χ1) is 15.2. The molecule has 0 spiro atoms. The molecule has 1 heterocycles. The van der Waals surface area contributed by atoms with Crippen LogP contribution in [-0.4, -0.2) is 28.9 Å². The third kappa shape index (κ3) is 7.16. The molecule has 0 radical (unpaired) electrons. The van der Waals surface area contributed by atoms with Crippen LogP contribution in [0.4, 0.5) is 5.13 Å². The molecular formula is C24H31N5O2S. The van der Waals surface area contributed by atoms with E-state index in [1.54, 1.807) is 11.3 Å². The average Bonchev–Trinajstić information content (AvgIpc) is 3.27. The topological polar surface area (TPSA) is 109 Å². The Morgan fingerprint density at radius 2 is 2.06 bits per heavy atom. The Bertz CT molecular complexity index is 1020. The van der Waals surface area contributed by atoms with Gasteiger partial charge in [0, 0.05) is 22.7 Å². The van der Waals surface area contributed by atoms with Crippen LogP contribution in [0.1, 0.15) is 62.0 Å². The van der Waals surface area contributed by atoms with E-state index in [0.29, 0.717) is 12.3 Å². The number of hydrogen-bond acceptors (Lipinski definition) is 7. The lowest BCUT2D eigenvalue weighted by Gasteiger charge is -2.13. The van der Waals surface area contributed by atoms with Crippen LogP contribution in [0.5, 0.6) is 0 Å². The molecular weight excluding hydrogens is 422 g/mol. The van der Waals surface area contributed by atoms with Crippen LogP contribution in [0.25, 0.3) is 0 Å². The van der Waals surface area contributed by atoms with Gasteiger partial charge in [-0.25, -0.2) is 4.98 Å². The van der Waals surface area contributed by atoms with E-state index >= 15 is 0 Å². The van der Waals surface area contributed by atoms with E-state index in [-0.39, 0.29) is 24.1 Å². The van der Waals surface area contributed by atoms with Crippen molar-refractivity contribution in [3.63, 3.8) is 0 Å².